The van der Waals surface area contributed by atoms with Crippen molar-refractivity contribution in [3.8, 4) is 0 Å². The maximum Gasteiger partial charge on any atom is 0.223 e. The van der Waals surface area contributed by atoms with Gasteiger partial charge in [-0.3, -0.25) is 4.79 Å². The third-order valence-electron chi connectivity index (χ3n) is 3.82. The van der Waals surface area contributed by atoms with E-state index in [2.05, 4.69) is 29.2 Å². The number of rotatable bonds is 4. The zero-order valence-electron chi connectivity index (χ0n) is 11.4. The monoisotopic (exact) mass is 271 g/mol. The summed E-state index contributed by atoms with van der Waals surface area (Å²) in [6, 6.07) is 10.3. The number of aromatic nitrogens is 2. The van der Waals surface area contributed by atoms with Crippen molar-refractivity contribution in [1.82, 2.24) is 15.0 Å². The maximum absolute atomic E-state index is 12.1. The lowest BCUT2D eigenvalue weighted by Gasteiger charge is -2.21. The lowest BCUT2D eigenvalue weighted by molar-refractivity contribution is -0.127. The molecule has 0 N–H and O–H groups in total. The average Bonchev–Trinajstić information content (AvgIpc) is 3.10. The summed E-state index contributed by atoms with van der Waals surface area (Å²) in [6.07, 6.45) is 1.79. The third-order valence-corrected chi connectivity index (χ3v) is 3.82. The summed E-state index contributed by atoms with van der Waals surface area (Å²) in [6.45, 7) is 3.55. The van der Waals surface area contributed by atoms with E-state index in [1.807, 2.05) is 23.1 Å². The van der Waals surface area contributed by atoms with Gasteiger partial charge in [0.05, 0.1) is 0 Å². The summed E-state index contributed by atoms with van der Waals surface area (Å²) in [4.78, 5) is 18.0. The van der Waals surface area contributed by atoms with Crippen LogP contribution in [0.3, 0.4) is 0 Å². The molecular weight excluding hydrogens is 254 g/mol. The minimum Gasteiger partial charge on any atom is -0.343 e. The van der Waals surface area contributed by atoms with Gasteiger partial charge in [0.2, 0.25) is 12.3 Å². The summed E-state index contributed by atoms with van der Waals surface area (Å²) in [5.41, 5.74) is 1.25. The van der Waals surface area contributed by atoms with Gasteiger partial charge in [0.25, 0.3) is 0 Å². The van der Waals surface area contributed by atoms with E-state index in [1.54, 1.807) is 0 Å². The smallest absolute Gasteiger partial charge is 0.223 e. The molecule has 2 unspecified atom stereocenters. The van der Waals surface area contributed by atoms with E-state index in [0.29, 0.717) is 24.7 Å². The molecule has 0 radical (unpaired) electrons. The Balaban J connectivity index is 1.65. The zero-order chi connectivity index (χ0) is 13.9. The van der Waals surface area contributed by atoms with E-state index in [4.69, 9.17) is 4.52 Å². The van der Waals surface area contributed by atoms with Crippen molar-refractivity contribution in [1.29, 1.82) is 0 Å². The van der Waals surface area contributed by atoms with Crippen LogP contribution >= 0.6 is 0 Å². The molecule has 2 atom stereocenters. The lowest BCUT2D eigenvalue weighted by Crippen LogP contribution is -2.29. The highest BCUT2D eigenvalue weighted by atomic mass is 16.5. The molecule has 1 aromatic carbocycles. The molecule has 0 spiro atoms. The van der Waals surface area contributed by atoms with Crippen LogP contribution in [0.4, 0.5) is 0 Å². The van der Waals surface area contributed by atoms with Gasteiger partial charge in [-0.05, 0) is 11.5 Å². The molecule has 3 rings (SSSR count). The maximum atomic E-state index is 12.1. The minimum atomic E-state index is 0.0595. The van der Waals surface area contributed by atoms with Crippen LogP contribution in [-0.2, 0) is 4.79 Å². The molecule has 5 heteroatoms. The Bertz CT molecular complexity index is 568. The molecule has 1 aromatic heterocycles. The van der Waals surface area contributed by atoms with Crippen LogP contribution in [0.15, 0.2) is 41.2 Å². The van der Waals surface area contributed by atoms with Crippen molar-refractivity contribution < 1.29 is 9.32 Å². The van der Waals surface area contributed by atoms with Gasteiger partial charge in [-0.2, -0.15) is 4.98 Å². The van der Waals surface area contributed by atoms with Crippen LogP contribution in [0.2, 0.25) is 0 Å². The first kappa shape index (κ1) is 12.8. The van der Waals surface area contributed by atoms with E-state index in [-0.39, 0.29) is 11.8 Å². The van der Waals surface area contributed by atoms with Crippen molar-refractivity contribution in [3.05, 3.63) is 48.1 Å². The highest BCUT2D eigenvalue weighted by Crippen LogP contribution is 2.27. The fraction of sp³-hybridized carbons (Fsp3) is 0.400. The lowest BCUT2D eigenvalue weighted by atomic mass is 10.0. The van der Waals surface area contributed by atoms with E-state index in [0.717, 1.165) is 6.54 Å². The number of carbonyl (C=O) groups is 1. The number of carbonyl (C=O) groups excluding carboxylic acids is 1. The fourth-order valence-electron chi connectivity index (χ4n) is 2.70. The Morgan fingerprint density at radius 1 is 1.40 bits per heavy atom. The zero-order valence-corrected chi connectivity index (χ0v) is 11.4. The summed E-state index contributed by atoms with van der Waals surface area (Å²) in [7, 11) is 0. The van der Waals surface area contributed by atoms with E-state index in [9.17, 15) is 4.79 Å². The normalized spacial score (nSPS) is 20.4. The van der Waals surface area contributed by atoms with Crippen molar-refractivity contribution in [2.45, 2.75) is 25.2 Å². The molecule has 0 bridgehead atoms. The molecule has 1 amide bonds. The van der Waals surface area contributed by atoms with Gasteiger partial charge in [0.1, 0.15) is 0 Å². The first-order valence-corrected chi connectivity index (χ1v) is 6.83. The molecule has 104 valence electrons. The molecule has 2 heterocycles. The number of amides is 1. The minimum absolute atomic E-state index is 0.0595. The van der Waals surface area contributed by atoms with Gasteiger partial charge in [0.15, 0.2) is 5.82 Å². The molecule has 1 saturated heterocycles. The van der Waals surface area contributed by atoms with Gasteiger partial charge < -0.3 is 9.42 Å². The third kappa shape index (κ3) is 2.57. The van der Waals surface area contributed by atoms with Gasteiger partial charge in [0, 0.05) is 25.4 Å². The second-order valence-corrected chi connectivity index (χ2v) is 5.30. The summed E-state index contributed by atoms with van der Waals surface area (Å²) in [5.74, 6) is 1.18. The summed E-state index contributed by atoms with van der Waals surface area (Å²) >= 11 is 0. The Hall–Kier alpha value is -2.17. The Kier molecular flexibility index (Phi) is 3.50. The van der Waals surface area contributed by atoms with Crippen molar-refractivity contribution in [3.63, 3.8) is 0 Å². The van der Waals surface area contributed by atoms with Crippen LogP contribution < -0.4 is 0 Å². The molecule has 0 saturated carbocycles. The molecule has 5 nitrogen and oxygen atoms in total. The highest BCUT2D eigenvalue weighted by Gasteiger charge is 2.33. The second-order valence-electron chi connectivity index (χ2n) is 5.30. The van der Waals surface area contributed by atoms with E-state index >= 15 is 0 Å². The molecule has 1 aliphatic rings. The number of nitrogens with zero attached hydrogens (tertiary/aromatic N) is 3. The highest BCUT2D eigenvalue weighted by molar-refractivity contribution is 5.79. The second kappa shape index (κ2) is 5.45. The summed E-state index contributed by atoms with van der Waals surface area (Å²) < 4.78 is 4.76. The predicted octanol–water partition coefficient (Wildman–Crippen LogP) is 2.19. The van der Waals surface area contributed by atoms with E-state index < -0.39 is 0 Å². The van der Waals surface area contributed by atoms with Crippen molar-refractivity contribution >= 4 is 5.91 Å². The molecule has 20 heavy (non-hydrogen) atoms. The van der Waals surface area contributed by atoms with Crippen LogP contribution in [0.5, 0.6) is 0 Å². The van der Waals surface area contributed by atoms with Gasteiger partial charge >= 0.3 is 0 Å². The Morgan fingerprint density at radius 3 is 2.90 bits per heavy atom. The molecule has 1 fully saturated rings. The van der Waals surface area contributed by atoms with E-state index in [1.165, 1.54) is 12.0 Å². The molecule has 2 aromatic rings. The summed E-state index contributed by atoms with van der Waals surface area (Å²) in [5, 5.41) is 3.84. The van der Waals surface area contributed by atoms with Crippen LogP contribution in [0, 0.1) is 0 Å². The first-order chi connectivity index (χ1) is 9.74. The van der Waals surface area contributed by atoms with Crippen LogP contribution in [-0.4, -0.2) is 34.0 Å². The largest absolute Gasteiger partial charge is 0.343 e. The van der Waals surface area contributed by atoms with Crippen LogP contribution in [0.1, 0.15) is 36.6 Å². The van der Waals surface area contributed by atoms with Gasteiger partial charge in [-0.15, -0.1) is 0 Å². The first-order valence-electron chi connectivity index (χ1n) is 6.83. The molecular formula is C15H17N3O2. The topological polar surface area (TPSA) is 59.2 Å². The van der Waals surface area contributed by atoms with Gasteiger partial charge in [-0.25, -0.2) is 0 Å². The number of hydrogen-bond acceptors (Lipinski definition) is 4. The SMILES string of the molecule is CC(CN1CC(c2ncon2)CC1=O)c1ccccc1. The Morgan fingerprint density at radius 2 is 2.20 bits per heavy atom. The molecule has 0 aliphatic carbocycles. The fourth-order valence-corrected chi connectivity index (χ4v) is 2.70. The van der Waals surface area contributed by atoms with Crippen molar-refractivity contribution in [2.75, 3.05) is 13.1 Å². The van der Waals surface area contributed by atoms with Crippen LogP contribution in [0.25, 0.3) is 0 Å². The number of likely N-dealkylation sites (tertiary alicyclic amines) is 1. The standard InChI is InChI=1S/C15H17N3O2/c1-11(12-5-3-2-4-6-12)8-18-9-13(7-14(18)19)15-16-10-20-17-15/h2-6,10-11,13H,7-9H2,1H3. The van der Waals surface area contributed by atoms with Crippen molar-refractivity contribution in [2.24, 2.45) is 0 Å². The average molecular weight is 271 g/mol. The number of hydrogen-bond donors (Lipinski definition) is 0. The van der Waals surface area contributed by atoms with Gasteiger partial charge in [-0.1, -0.05) is 42.4 Å². The quantitative estimate of drug-likeness (QED) is 0.855. The number of benzene rings is 1. The molecule has 1 aliphatic heterocycles. The predicted molar refractivity (Wildman–Crippen MR) is 73.1 cm³/mol. The Labute approximate surface area is 117 Å².